The number of rotatable bonds is 5. The molecule has 0 saturated heterocycles. The molecule has 3 aromatic rings. The molecule has 1 fully saturated rings. The maximum absolute atomic E-state index is 13.2. The first-order chi connectivity index (χ1) is 13.9. The van der Waals surface area contributed by atoms with E-state index in [4.69, 9.17) is 0 Å². The van der Waals surface area contributed by atoms with E-state index in [1.807, 2.05) is 6.92 Å². The molecule has 4 nitrogen and oxygen atoms in total. The van der Waals surface area contributed by atoms with Crippen molar-refractivity contribution in [3.8, 4) is 5.69 Å². The Bertz CT molecular complexity index is 1110. The van der Waals surface area contributed by atoms with Crippen LogP contribution < -0.4 is 10.9 Å². The van der Waals surface area contributed by atoms with Gasteiger partial charge in [-0.25, -0.2) is 4.39 Å². The molecule has 4 rings (SSSR count). The molecule has 5 heteroatoms. The third kappa shape index (κ3) is 3.99. The van der Waals surface area contributed by atoms with Gasteiger partial charge in [0.15, 0.2) is 0 Å². The Kier molecular flexibility index (Phi) is 4.82. The largest absolute Gasteiger partial charge is 0.346 e. The molecule has 1 N–H and O–H groups in total. The summed E-state index contributed by atoms with van der Waals surface area (Å²) in [6.07, 6.45) is 4.15. The Morgan fingerprint density at radius 2 is 1.69 bits per heavy atom. The molecule has 148 valence electrons. The van der Waals surface area contributed by atoms with E-state index in [0.717, 1.165) is 19.3 Å². The van der Waals surface area contributed by atoms with Gasteiger partial charge in [0.1, 0.15) is 11.4 Å². The molecule has 0 spiro atoms. The Morgan fingerprint density at radius 3 is 2.31 bits per heavy atom. The van der Waals surface area contributed by atoms with Gasteiger partial charge in [0.2, 0.25) is 0 Å². The van der Waals surface area contributed by atoms with Gasteiger partial charge in [0.05, 0.1) is 0 Å². The fourth-order valence-corrected chi connectivity index (χ4v) is 3.60. The number of carbonyl (C=O) groups is 1. The third-order valence-electron chi connectivity index (χ3n) is 5.53. The van der Waals surface area contributed by atoms with Crippen LogP contribution in [0.1, 0.15) is 39.9 Å². The van der Waals surface area contributed by atoms with Gasteiger partial charge in [-0.05, 0) is 74.6 Å². The SMILES string of the molecule is Cc1ccc(CC2(NC(=O)c3c(C)ccn(-c4ccc(F)cc4)c3=O)CC2)cc1. The molecule has 1 aliphatic rings. The normalized spacial score (nSPS) is 14.4. The van der Waals surface area contributed by atoms with Crippen LogP contribution in [0.5, 0.6) is 0 Å². The summed E-state index contributed by atoms with van der Waals surface area (Å²) in [5.41, 5.74) is 2.95. The van der Waals surface area contributed by atoms with Gasteiger partial charge < -0.3 is 5.32 Å². The van der Waals surface area contributed by atoms with Gasteiger partial charge in [-0.3, -0.25) is 14.2 Å². The molecule has 1 saturated carbocycles. The van der Waals surface area contributed by atoms with Crippen molar-refractivity contribution in [3.63, 3.8) is 0 Å². The summed E-state index contributed by atoms with van der Waals surface area (Å²) in [4.78, 5) is 26.1. The first-order valence-electron chi connectivity index (χ1n) is 9.73. The second kappa shape index (κ2) is 7.32. The Morgan fingerprint density at radius 1 is 1.03 bits per heavy atom. The Hall–Kier alpha value is -3.21. The van der Waals surface area contributed by atoms with E-state index in [1.54, 1.807) is 19.2 Å². The van der Waals surface area contributed by atoms with Crippen LogP contribution in [0, 0.1) is 19.7 Å². The van der Waals surface area contributed by atoms with E-state index >= 15 is 0 Å². The molecule has 29 heavy (non-hydrogen) atoms. The highest BCUT2D eigenvalue weighted by atomic mass is 19.1. The molecule has 1 amide bonds. The fourth-order valence-electron chi connectivity index (χ4n) is 3.60. The number of aromatic nitrogens is 1. The molecular weight excluding hydrogens is 367 g/mol. The number of hydrogen-bond donors (Lipinski definition) is 1. The maximum Gasteiger partial charge on any atom is 0.268 e. The van der Waals surface area contributed by atoms with E-state index in [1.165, 1.54) is 40.0 Å². The van der Waals surface area contributed by atoms with Crippen LogP contribution in [-0.2, 0) is 6.42 Å². The van der Waals surface area contributed by atoms with Crippen molar-refractivity contribution in [2.75, 3.05) is 0 Å². The maximum atomic E-state index is 13.2. The monoisotopic (exact) mass is 390 g/mol. The molecule has 0 radical (unpaired) electrons. The molecule has 0 atom stereocenters. The molecule has 1 heterocycles. The van der Waals surface area contributed by atoms with Crippen LogP contribution in [0.15, 0.2) is 65.6 Å². The van der Waals surface area contributed by atoms with Crippen LogP contribution in [0.3, 0.4) is 0 Å². The molecule has 0 aliphatic heterocycles. The summed E-state index contributed by atoms with van der Waals surface area (Å²) in [5.74, 6) is -0.729. The number of halogens is 1. The standard InChI is InChI=1S/C24H23FN2O2/c1-16-3-5-18(6-4-16)15-24(12-13-24)26-22(28)21-17(2)11-14-27(23(21)29)20-9-7-19(25)8-10-20/h3-11,14H,12-13,15H2,1-2H3,(H,26,28). The lowest BCUT2D eigenvalue weighted by Crippen LogP contribution is -2.42. The molecular formula is C24H23FN2O2. The lowest BCUT2D eigenvalue weighted by atomic mass is 10.0. The summed E-state index contributed by atoms with van der Waals surface area (Å²) in [6.45, 7) is 3.80. The van der Waals surface area contributed by atoms with E-state index < -0.39 is 5.56 Å². The quantitative estimate of drug-likeness (QED) is 0.713. The van der Waals surface area contributed by atoms with E-state index in [9.17, 15) is 14.0 Å². The summed E-state index contributed by atoms with van der Waals surface area (Å²) in [5, 5.41) is 3.10. The van der Waals surface area contributed by atoms with Gasteiger partial charge in [-0.2, -0.15) is 0 Å². The lowest BCUT2D eigenvalue weighted by Gasteiger charge is -2.19. The van der Waals surface area contributed by atoms with E-state index in [0.29, 0.717) is 11.3 Å². The van der Waals surface area contributed by atoms with Gasteiger partial charge in [0, 0.05) is 17.4 Å². The topological polar surface area (TPSA) is 51.1 Å². The van der Waals surface area contributed by atoms with Crippen molar-refractivity contribution in [3.05, 3.63) is 99.2 Å². The van der Waals surface area contributed by atoms with Gasteiger partial charge in [0.25, 0.3) is 11.5 Å². The fraction of sp³-hybridized carbons (Fsp3) is 0.250. The van der Waals surface area contributed by atoms with Gasteiger partial charge in [-0.1, -0.05) is 29.8 Å². The van der Waals surface area contributed by atoms with Crippen molar-refractivity contribution in [2.45, 2.75) is 38.6 Å². The number of nitrogens with zero attached hydrogens (tertiary/aromatic N) is 1. The highest BCUT2D eigenvalue weighted by Crippen LogP contribution is 2.39. The van der Waals surface area contributed by atoms with Crippen LogP contribution in [-0.4, -0.2) is 16.0 Å². The van der Waals surface area contributed by atoms with Crippen LogP contribution in [0.4, 0.5) is 4.39 Å². The number of nitrogens with one attached hydrogen (secondary N) is 1. The van der Waals surface area contributed by atoms with Gasteiger partial charge >= 0.3 is 0 Å². The van der Waals surface area contributed by atoms with Crippen molar-refractivity contribution >= 4 is 5.91 Å². The highest BCUT2D eigenvalue weighted by molar-refractivity contribution is 5.96. The summed E-state index contributed by atoms with van der Waals surface area (Å²) in [7, 11) is 0. The van der Waals surface area contributed by atoms with Gasteiger partial charge in [-0.15, -0.1) is 0 Å². The van der Waals surface area contributed by atoms with Crippen molar-refractivity contribution in [1.82, 2.24) is 9.88 Å². The predicted octanol–water partition coefficient (Wildman–Crippen LogP) is 4.10. The first kappa shape index (κ1) is 19.1. The predicted molar refractivity (Wildman–Crippen MR) is 111 cm³/mol. The zero-order chi connectivity index (χ0) is 20.6. The zero-order valence-corrected chi connectivity index (χ0v) is 16.5. The molecule has 2 aromatic carbocycles. The van der Waals surface area contributed by atoms with Crippen molar-refractivity contribution in [2.24, 2.45) is 0 Å². The van der Waals surface area contributed by atoms with Crippen LogP contribution >= 0.6 is 0 Å². The number of amides is 1. The molecule has 0 bridgehead atoms. The highest BCUT2D eigenvalue weighted by Gasteiger charge is 2.44. The average molecular weight is 390 g/mol. The number of hydrogen-bond acceptors (Lipinski definition) is 2. The minimum absolute atomic E-state index is 0.131. The minimum Gasteiger partial charge on any atom is -0.346 e. The summed E-state index contributed by atoms with van der Waals surface area (Å²) in [6, 6.07) is 15.7. The number of pyridine rings is 1. The lowest BCUT2D eigenvalue weighted by molar-refractivity contribution is 0.0929. The zero-order valence-electron chi connectivity index (χ0n) is 16.5. The second-order valence-corrected chi connectivity index (χ2v) is 7.92. The summed E-state index contributed by atoms with van der Waals surface area (Å²) < 4.78 is 14.6. The van der Waals surface area contributed by atoms with Crippen molar-refractivity contribution in [1.29, 1.82) is 0 Å². The smallest absolute Gasteiger partial charge is 0.268 e. The number of aryl methyl sites for hydroxylation is 2. The van der Waals surface area contributed by atoms with E-state index in [2.05, 4.69) is 29.6 Å². The summed E-state index contributed by atoms with van der Waals surface area (Å²) >= 11 is 0. The number of benzene rings is 2. The van der Waals surface area contributed by atoms with Crippen molar-refractivity contribution < 1.29 is 9.18 Å². The average Bonchev–Trinajstić information content (AvgIpc) is 3.43. The molecule has 1 aromatic heterocycles. The molecule has 1 aliphatic carbocycles. The van der Waals surface area contributed by atoms with E-state index in [-0.39, 0.29) is 22.8 Å². The minimum atomic E-state index is -0.403. The van der Waals surface area contributed by atoms with Crippen LogP contribution in [0.25, 0.3) is 5.69 Å². The second-order valence-electron chi connectivity index (χ2n) is 7.92. The molecule has 0 unspecified atom stereocenters. The Balaban J connectivity index is 1.60. The Labute approximate surface area is 169 Å². The van der Waals surface area contributed by atoms with Crippen LogP contribution in [0.2, 0.25) is 0 Å². The first-order valence-corrected chi connectivity index (χ1v) is 9.73. The third-order valence-corrected chi connectivity index (χ3v) is 5.53. The number of carbonyl (C=O) groups excluding carboxylic acids is 1.